The first-order chi connectivity index (χ1) is 10.5. The number of likely N-dealkylation sites (tertiary alicyclic amines) is 2. The van der Waals surface area contributed by atoms with E-state index < -0.39 is 5.60 Å². The zero-order valence-corrected chi connectivity index (χ0v) is 13.5. The fourth-order valence-electron chi connectivity index (χ4n) is 3.82. The highest BCUT2D eigenvalue weighted by atomic mass is 19.1. The summed E-state index contributed by atoms with van der Waals surface area (Å²) < 4.78 is 13.2. The maximum Gasteiger partial charge on any atom is 0.123 e. The Balaban J connectivity index is 1.56. The Kier molecular flexibility index (Phi) is 4.81. The molecule has 1 atom stereocenters. The summed E-state index contributed by atoms with van der Waals surface area (Å²) in [7, 11) is 0. The number of aliphatic hydroxyl groups is 1. The largest absolute Gasteiger partial charge is 0.387 e. The standard InChI is InChI=1S/C18H27FN2O/c1-15-11-17(19)6-5-16(15)12-21-10-7-18(22,14-21)13-20-8-3-2-4-9-20/h5-6,11,22H,2-4,7-10,12-14H2,1H3. The van der Waals surface area contributed by atoms with Crippen LogP contribution in [0.5, 0.6) is 0 Å². The lowest BCUT2D eigenvalue weighted by Gasteiger charge is -2.33. The molecule has 122 valence electrons. The normalized spacial score (nSPS) is 27.4. The first-order valence-electron chi connectivity index (χ1n) is 8.46. The Morgan fingerprint density at radius 3 is 2.64 bits per heavy atom. The maximum absolute atomic E-state index is 13.2. The zero-order chi connectivity index (χ0) is 15.6. The summed E-state index contributed by atoms with van der Waals surface area (Å²) in [5.41, 5.74) is 1.57. The van der Waals surface area contributed by atoms with Crippen LogP contribution in [0.25, 0.3) is 0 Å². The highest BCUT2D eigenvalue weighted by Crippen LogP contribution is 2.26. The van der Waals surface area contributed by atoms with E-state index in [0.29, 0.717) is 0 Å². The number of benzene rings is 1. The van der Waals surface area contributed by atoms with Crippen LogP contribution in [0.3, 0.4) is 0 Å². The van der Waals surface area contributed by atoms with Crippen molar-refractivity contribution in [1.82, 2.24) is 9.80 Å². The SMILES string of the molecule is Cc1cc(F)ccc1CN1CCC(O)(CN2CCCCC2)C1. The molecule has 1 aromatic carbocycles. The van der Waals surface area contributed by atoms with E-state index in [1.165, 1.54) is 25.3 Å². The van der Waals surface area contributed by atoms with E-state index in [9.17, 15) is 9.50 Å². The van der Waals surface area contributed by atoms with Crippen LogP contribution in [0.1, 0.15) is 36.8 Å². The smallest absolute Gasteiger partial charge is 0.123 e. The molecule has 2 fully saturated rings. The summed E-state index contributed by atoms with van der Waals surface area (Å²) in [6.45, 7) is 7.44. The second-order valence-electron chi connectivity index (χ2n) is 7.09. The van der Waals surface area contributed by atoms with Crippen molar-refractivity contribution in [2.45, 2.75) is 44.8 Å². The van der Waals surface area contributed by atoms with Gasteiger partial charge in [0.25, 0.3) is 0 Å². The molecule has 1 N–H and O–H groups in total. The van der Waals surface area contributed by atoms with Crippen molar-refractivity contribution in [3.8, 4) is 0 Å². The fraction of sp³-hybridized carbons (Fsp3) is 0.667. The first-order valence-corrected chi connectivity index (χ1v) is 8.46. The molecule has 0 spiro atoms. The lowest BCUT2D eigenvalue weighted by atomic mass is 10.0. The van der Waals surface area contributed by atoms with E-state index in [-0.39, 0.29) is 5.82 Å². The van der Waals surface area contributed by atoms with Gasteiger partial charge in [0.05, 0.1) is 5.60 Å². The number of nitrogens with zero attached hydrogens (tertiary/aromatic N) is 2. The highest BCUT2D eigenvalue weighted by molar-refractivity contribution is 5.26. The van der Waals surface area contributed by atoms with Gasteiger partial charge in [-0.25, -0.2) is 4.39 Å². The molecular formula is C18H27FN2O. The molecule has 1 aromatic rings. The predicted octanol–water partition coefficient (Wildman–Crippen LogP) is 2.56. The van der Waals surface area contributed by atoms with Crippen LogP contribution in [0.4, 0.5) is 4.39 Å². The molecule has 0 saturated carbocycles. The first kappa shape index (κ1) is 15.9. The van der Waals surface area contributed by atoms with Crippen LogP contribution < -0.4 is 0 Å². The Morgan fingerprint density at radius 2 is 1.91 bits per heavy atom. The molecule has 2 aliphatic heterocycles. The van der Waals surface area contributed by atoms with E-state index in [4.69, 9.17) is 0 Å². The van der Waals surface area contributed by atoms with Crippen molar-refractivity contribution in [2.75, 3.05) is 32.7 Å². The molecule has 4 heteroatoms. The van der Waals surface area contributed by atoms with Crippen LogP contribution in [-0.2, 0) is 6.54 Å². The molecule has 2 aliphatic rings. The molecule has 2 heterocycles. The second-order valence-corrected chi connectivity index (χ2v) is 7.09. The summed E-state index contributed by atoms with van der Waals surface area (Å²) in [5, 5.41) is 10.9. The van der Waals surface area contributed by atoms with E-state index >= 15 is 0 Å². The van der Waals surface area contributed by atoms with Gasteiger partial charge in [0, 0.05) is 26.2 Å². The molecular weight excluding hydrogens is 279 g/mol. The van der Waals surface area contributed by atoms with E-state index in [2.05, 4.69) is 9.80 Å². The molecule has 0 bridgehead atoms. The van der Waals surface area contributed by atoms with E-state index in [1.807, 2.05) is 13.0 Å². The molecule has 3 rings (SSSR count). The summed E-state index contributed by atoms with van der Waals surface area (Å²) in [4.78, 5) is 4.71. The molecule has 3 nitrogen and oxygen atoms in total. The molecule has 2 saturated heterocycles. The van der Waals surface area contributed by atoms with Crippen LogP contribution in [0.15, 0.2) is 18.2 Å². The van der Waals surface area contributed by atoms with Crippen molar-refractivity contribution in [3.63, 3.8) is 0 Å². The van der Waals surface area contributed by atoms with E-state index in [0.717, 1.165) is 56.8 Å². The monoisotopic (exact) mass is 306 g/mol. The van der Waals surface area contributed by atoms with Gasteiger partial charge in [-0.05, 0) is 62.5 Å². The summed E-state index contributed by atoms with van der Waals surface area (Å²) >= 11 is 0. The quantitative estimate of drug-likeness (QED) is 0.926. The molecule has 0 amide bonds. The maximum atomic E-state index is 13.2. The summed E-state index contributed by atoms with van der Waals surface area (Å²) in [5.74, 6) is -0.177. The fourth-order valence-corrected chi connectivity index (χ4v) is 3.82. The van der Waals surface area contributed by atoms with Crippen LogP contribution in [-0.4, -0.2) is 53.2 Å². The summed E-state index contributed by atoms with van der Waals surface area (Å²) in [6.07, 6.45) is 4.68. The average Bonchev–Trinajstić information content (AvgIpc) is 2.84. The van der Waals surface area contributed by atoms with Gasteiger partial charge in [-0.15, -0.1) is 0 Å². The number of rotatable bonds is 4. The van der Waals surface area contributed by atoms with Gasteiger partial charge in [0.2, 0.25) is 0 Å². The molecule has 0 radical (unpaired) electrons. The molecule has 1 unspecified atom stereocenters. The minimum atomic E-state index is -0.578. The third kappa shape index (κ3) is 3.86. The third-order valence-electron chi connectivity index (χ3n) is 5.08. The van der Waals surface area contributed by atoms with Gasteiger partial charge in [-0.2, -0.15) is 0 Å². The molecule has 22 heavy (non-hydrogen) atoms. The van der Waals surface area contributed by atoms with Crippen molar-refractivity contribution in [1.29, 1.82) is 0 Å². The topological polar surface area (TPSA) is 26.7 Å². The van der Waals surface area contributed by atoms with E-state index in [1.54, 1.807) is 6.07 Å². The van der Waals surface area contributed by atoms with Crippen LogP contribution >= 0.6 is 0 Å². The van der Waals surface area contributed by atoms with Gasteiger partial charge < -0.3 is 10.0 Å². The average molecular weight is 306 g/mol. The zero-order valence-electron chi connectivity index (χ0n) is 13.5. The number of hydrogen-bond acceptors (Lipinski definition) is 3. The van der Waals surface area contributed by atoms with Crippen molar-refractivity contribution in [2.24, 2.45) is 0 Å². The Hall–Kier alpha value is -0.970. The Labute approximate surface area is 132 Å². The van der Waals surface area contributed by atoms with Gasteiger partial charge in [-0.3, -0.25) is 4.90 Å². The van der Waals surface area contributed by atoms with Gasteiger partial charge in [0.15, 0.2) is 0 Å². The van der Waals surface area contributed by atoms with Gasteiger partial charge >= 0.3 is 0 Å². The predicted molar refractivity (Wildman–Crippen MR) is 86.3 cm³/mol. The lowest BCUT2D eigenvalue weighted by Crippen LogP contribution is -2.46. The number of β-amino-alcohol motifs (C(OH)–C–C–N with tert-alkyl or cyclic N) is 1. The number of halogens is 1. The lowest BCUT2D eigenvalue weighted by molar-refractivity contribution is 0.00633. The van der Waals surface area contributed by atoms with Gasteiger partial charge in [-0.1, -0.05) is 12.5 Å². The molecule has 0 aromatic heterocycles. The number of piperidine rings is 1. The number of aryl methyl sites for hydroxylation is 1. The van der Waals surface area contributed by atoms with Crippen LogP contribution in [0, 0.1) is 12.7 Å². The summed E-state index contributed by atoms with van der Waals surface area (Å²) in [6, 6.07) is 4.98. The van der Waals surface area contributed by atoms with Crippen LogP contribution in [0.2, 0.25) is 0 Å². The Morgan fingerprint density at radius 1 is 1.14 bits per heavy atom. The number of hydrogen-bond donors (Lipinski definition) is 1. The molecule has 0 aliphatic carbocycles. The minimum Gasteiger partial charge on any atom is -0.387 e. The van der Waals surface area contributed by atoms with Crippen molar-refractivity contribution in [3.05, 3.63) is 35.1 Å². The minimum absolute atomic E-state index is 0.177. The van der Waals surface area contributed by atoms with Crippen molar-refractivity contribution < 1.29 is 9.50 Å². The van der Waals surface area contributed by atoms with Crippen molar-refractivity contribution >= 4 is 0 Å². The third-order valence-corrected chi connectivity index (χ3v) is 5.08. The van der Waals surface area contributed by atoms with Gasteiger partial charge in [0.1, 0.15) is 5.82 Å². The highest BCUT2D eigenvalue weighted by Gasteiger charge is 2.37. The Bertz CT molecular complexity index is 516. The second kappa shape index (κ2) is 6.65.